The minimum absolute atomic E-state index is 0.198. The molecule has 0 bridgehead atoms. The Bertz CT molecular complexity index is 770. The van der Waals surface area contributed by atoms with E-state index in [9.17, 15) is 10.1 Å². The number of para-hydroxylation sites is 1. The van der Waals surface area contributed by atoms with Gasteiger partial charge in [-0.1, -0.05) is 39.0 Å². The molecule has 2 aromatic carbocycles. The third-order valence-electron chi connectivity index (χ3n) is 4.77. The minimum Gasteiger partial charge on any atom is -0.457 e. The lowest BCUT2D eigenvalue weighted by molar-refractivity contribution is -0.135. The molecule has 0 saturated heterocycles. The van der Waals surface area contributed by atoms with Crippen molar-refractivity contribution in [3.05, 3.63) is 54.6 Å². The summed E-state index contributed by atoms with van der Waals surface area (Å²) in [6.07, 6.45) is 0.657. The quantitative estimate of drug-likeness (QED) is 0.492. The van der Waals surface area contributed by atoms with Crippen molar-refractivity contribution < 1.29 is 14.3 Å². The van der Waals surface area contributed by atoms with Crippen LogP contribution in [0.1, 0.15) is 40.5 Å². The number of nitrogens with zero attached hydrogens (tertiary/aromatic N) is 1. The average molecular weight is 351 g/mol. The van der Waals surface area contributed by atoms with Crippen LogP contribution in [0, 0.1) is 22.2 Å². The van der Waals surface area contributed by atoms with E-state index >= 15 is 0 Å². The van der Waals surface area contributed by atoms with Crippen LogP contribution in [0.5, 0.6) is 17.2 Å². The van der Waals surface area contributed by atoms with Gasteiger partial charge in [0.25, 0.3) is 0 Å². The van der Waals surface area contributed by atoms with E-state index in [0.29, 0.717) is 17.9 Å². The monoisotopic (exact) mass is 351 g/mol. The Morgan fingerprint density at radius 2 is 1.46 bits per heavy atom. The van der Waals surface area contributed by atoms with Gasteiger partial charge in [-0.2, -0.15) is 5.26 Å². The van der Waals surface area contributed by atoms with Crippen LogP contribution in [0.4, 0.5) is 0 Å². The minimum atomic E-state index is -0.584. The molecule has 0 aliphatic rings. The van der Waals surface area contributed by atoms with E-state index in [2.05, 4.69) is 6.07 Å². The van der Waals surface area contributed by atoms with Gasteiger partial charge in [0.05, 0.1) is 11.5 Å². The van der Waals surface area contributed by atoms with Gasteiger partial charge < -0.3 is 9.47 Å². The molecule has 0 spiro atoms. The van der Waals surface area contributed by atoms with Gasteiger partial charge in [0.15, 0.2) is 0 Å². The molecule has 4 nitrogen and oxygen atoms in total. The Balaban J connectivity index is 1.90. The fourth-order valence-corrected chi connectivity index (χ4v) is 2.33. The fraction of sp³-hybridized carbons (Fsp3) is 0.364. The van der Waals surface area contributed by atoms with Crippen molar-refractivity contribution >= 4 is 5.97 Å². The Morgan fingerprint density at radius 3 is 2.00 bits per heavy atom. The van der Waals surface area contributed by atoms with E-state index in [4.69, 9.17) is 9.47 Å². The van der Waals surface area contributed by atoms with Crippen LogP contribution >= 0.6 is 0 Å². The van der Waals surface area contributed by atoms with Gasteiger partial charge in [0, 0.05) is 6.42 Å². The number of rotatable bonds is 6. The van der Waals surface area contributed by atoms with Gasteiger partial charge in [0.2, 0.25) is 0 Å². The van der Waals surface area contributed by atoms with Crippen LogP contribution in [-0.2, 0) is 4.79 Å². The molecule has 0 aliphatic heterocycles. The molecule has 0 saturated carbocycles. The SMILES string of the molecule is CC(C)(C)C(C)(C#N)CCC(=O)Oc1ccc(Oc2ccccc2)cc1. The predicted molar refractivity (Wildman–Crippen MR) is 101 cm³/mol. The first kappa shape index (κ1) is 19.5. The molecule has 2 rings (SSSR count). The highest BCUT2D eigenvalue weighted by Gasteiger charge is 2.37. The van der Waals surface area contributed by atoms with Crippen molar-refractivity contribution in [2.75, 3.05) is 0 Å². The number of carbonyl (C=O) groups excluding carboxylic acids is 1. The Labute approximate surface area is 155 Å². The maximum atomic E-state index is 12.1. The van der Waals surface area contributed by atoms with Gasteiger partial charge in [0.1, 0.15) is 17.2 Å². The van der Waals surface area contributed by atoms with Crippen LogP contribution in [-0.4, -0.2) is 5.97 Å². The maximum absolute atomic E-state index is 12.1. The van der Waals surface area contributed by atoms with E-state index in [1.807, 2.05) is 58.0 Å². The molecule has 0 aliphatic carbocycles. The van der Waals surface area contributed by atoms with E-state index in [-0.39, 0.29) is 17.8 Å². The maximum Gasteiger partial charge on any atom is 0.311 e. The van der Waals surface area contributed by atoms with Crippen molar-refractivity contribution in [3.8, 4) is 23.3 Å². The zero-order valence-corrected chi connectivity index (χ0v) is 15.8. The molecule has 26 heavy (non-hydrogen) atoms. The second-order valence-corrected chi connectivity index (χ2v) is 7.55. The fourth-order valence-electron chi connectivity index (χ4n) is 2.33. The summed E-state index contributed by atoms with van der Waals surface area (Å²) in [5.41, 5.74) is -0.794. The molecule has 0 fully saturated rings. The van der Waals surface area contributed by atoms with Gasteiger partial charge in [-0.25, -0.2) is 0 Å². The third kappa shape index (κ3) is 5.10. The van der Waals surface area contributed by atoms with Crippen LogP contribution in [0.2, 0.25) is 0 Å². The van der Waals surface area contributed by atoms with Crippen LogP contribution in [0.15, 0.2) is 54.6 Å². The summed E-state index contributed by atoms with van der Waals surface area (Å²) in [4.78, 5) is 12.1. The first-order chi connectivity index (χ1) is 12.2. The highest BCUT2D eigenvalue weighted by atomic mass is 16.5. The zero-order chi connectivity index (χ0) is 19.2. The van der Waals surface area contributed by atoms with Gasteiger partial charge in [-0.05, 0) is 55.2 Å². The summed E-state index contributed by atoms with van der Waals surface area (Å²) in [7, 11) is 0. The summed E-state index contributed by atoms with van der Waals surface area (Å²) in [5, 5.41) is 9.46. The summed E-state index contributed by atoms with van der Waals surface area (Å²) < 4.78 is 11.1. The summed E-state index contributed by atoms with van der Waals surface area (Å²) in [6.45, 7) is 7.91. The number of ether oxygens (including phenoxy) is 2. The number of nitriles is 1. The van der Waals surface area contributed by atoms with Crippen molar-refractivity contribution in [1.29, 1.82) is 5.26 Å². The molecule has 1 unspecified atom stereocenters. The Kier molecular flexibility index (Phi) is 6.05. The first-order valence-corrected chi connectivity index (χ1v) is 8.68. The van der Waals surface area contributed by atoms with Crippen molar-refractivity contribution in [2.24, 2.45) is 10.8 Å². The lowest BCUT2D eigenvalue weighted by atomic mass is 9.66. The number of benzene rings is 2. The number of carbonyl (C=O) groups is 1. The summed E-state index contributed by atoms with van der Waals surface area (Å²) >= 11 is 0. The molecule has 2 aromatic rings. The molecule has 1 atom stereocenters. The van der Waals surface area contributed by atoms with Gasteiger partial charge in [-0.3, -0.25) is 4.79 Å². The van der Waals surface area contributed by atoms with E-state index < -0.39 is 5.41 Å². The van der Waals surface area contributed by atoms with Crippen LogP contribution in [0.3, 0.4) is 0 Å². The van der Waals surface area contributed by atoms with E-state index in [0.717, 1.165) is 5.75 Å². The molecular weight excluding hydrogens is 326 g/mol. The molecule has 0 N–H and O–H groups in total. The summed E-state index contributed by atoms with van der Waals surface area (Å²) in [6, 6.07) is 18.7. The van der Waals surface area contributed by atoms with Gasteiger partial charge in [-0.15, -0.1) is 0 Å². The standard InChI is InChI=1S/C22H25NO3/c1-21(2,3)22(4,16-23)15-14-20(24)26-19-12-10-18(11-13-19)25-17-8-6-5-7-9-17/h5-13H,14-15H2,1-4H3. The molecule has 0 radical (unpaired) electrons. The first-order valence-electron chi connectivity index (χ1n) is 8.68. The normalized spacial score (nSPS) is 13.3. The molecule has 0 aromatic heterocycles. The molecule has 4 heteroatoms. The highest BCUT2D eigenvalue weighted by molar-refractivity contribution is 5.72. The second kappa shape index (κ2) is 8.05. The van der Waals surface area contributed by atoms with E-state index in [1.165, 1.54) is 0 Å². The van der Waals surface area contributed by atoms with Crippen LogP contribution < -0.4 is 9.47 Å². The molecule has 0 amide bonds. The Morgan fingerprint density at radius 1 is 0.923 bits per heavy atom. The van der Waals surface area contributed by atoms with Crippen LogP contribution in [0.25, 0.3) is 0 Å². The van der Waals surface area contributed by atoms with Gasteiger partial charge >= 0.3 is 5.97 Å². The average Bonchev–Trinajstić information content (AvgIpc) is 2.61. The van der Waals surface area contributed by atoms with Crippen molar-refractivity contribution in [1.82, 2.24) is 0 Å². The smallest absolute Gasteiger partial charge is 0.311 e. The Hall–Kier alpha value is -2.80. The molecular formula is C22H25NO3. The molecule has 136 valence electrons. The predicted octanol–water partition coefficient (Wildman–Crippen LogP) is 5.74. The lowest BCUT2D eigenvalue weighted by Gasteiger charge is -2.35. The second-order valence-electron chi connectivity index (χ2n) is 7.55. The summed E-state index contributed by atoms with van der Waals surface area (Å²) in [5.74, 6) is 1.54. The largest absolute Gasteiger partial charge is 0.457 e. The van der Waals surface area contributed by atoms with E-state index in [1.54, 1.807) is 24.3 Å². The number of esters is 1. The van der Waals surface area contributed by atoms with Crippen molar-refractivity contribution in [2.45, 2.75) is 40.5 Å². The van der Waals surface area contributed by atoms with Crippen molar-refractivity contribution in [3.63, 3.8) is 0 Å². The highest BCUT2D eigenvalue weighted by Crippen LogP contribution is 2.41. The molecule has 0 heterocycles. The topological polar surface area (TPSA) is 59.3 Å². The zero-order valence-electron chi connectivity index (χ0n) is 15.8. The number of hydrogen-bond acceptors (Lipinski definition) is 4. The lowest BCUT2D eigenvalue weighted by Crippen LogP contribution is -2.32. The number of hydrogen-bond donors (Lipinski definition) is 0. The third-order valence-corrected chi connectivity index (χ3v) is 4.77.